The third-order valence-corrected chi connectivity index (χ3v) is 6.89. The molecular weight excluding hydrogens is 434 g/mol. The number of ether oxygens (including phenoxy) is 2. The maximum absolute atomic E-state index is 13.4. The number of hydrogen-bond acceptors (Lipinski definition) is 8. The van der Waals surface area contributed by atoms with Crippen molar-refractivity contribution in [3.05, 3.63) is 46.0 Å². The van der Waals surface area contributed by atoms with E-state index in [0.717, 1.165) is 75.2 Å². The number of pyridine rings is 1. The van der Waals surface area contributed by atoms with Gasteiger partial charge in [0.05, 0.1) is 19.8 Å². The number of rotatable bonds is 8. The predicted molar refractivity (Wildman–Crippen MR) is 128 cm³/mol. The molecule has 1 N–H and O–H groups in total. The molecule has 1 aromatic carbocycles. The molecule has 2 aromatic heterocycles. The molecule has 2 atom stereocenters. The molecule has 2 aliphatic heterocycles. The van der Waals surface area contributed by atoms with Crippen LogP contribution in [0.5, 0.6) is 5.75 Å². The van der Waals surface area contributed by atoms with Gasteiger partial charge < -0.3 is 19.4 Å². The Morgan fingerprint density at radius 2 is 2.09 bits per heavy atom. The van der Waals surface area contributed by atoms with E-state index in [1.807, 2.05) is 28.9 Å². The number of aromatic nitrogens is 5. The molecular formula is C24H33N7O3. The zero-order valence-electron chi connectivity index (χ0n) is 19.9. The molecule has 34 heavy (non-hydrogen) atoms. The fourth-order valence-electron chi connectivity index (χ4n) is 5.11. The minimum absolute atomic E-state index is 0.100. The summed E-state index contributed by atoms with van der Waals surface area (Å²) in [6.07, 6.45) is 3.28. The van der Waals surface area contributed by atoms with E-state index in [4.69, 9.17) is 9.47 Å². The summed E-state index contributed by atoms with van der Waals surface area (Å²) in [7, 11) is 1.64. The van der Waals surface area contributed by atoms with Crippen LogP contribution >= 0.6 is 0 Å². The summed E-state index contributed by atoms with van der Waals surface area (Å²) in [4.78, 5) is 21.2. The van der Waals surface area contributed by atoms with Gasteiger partial charge in [-0.15, -0.1) is 5.10 Å². The van der Waals surface area contributed by atoms with Gasteiger partial charge in [-0.1, -0.05) is 6.92 Å². The summed E-state index contributed by atoms with van der Waals surface area (Å²) in [5.41, 5.74) is 1.30. The van der Waals surface area contributed by atoms with Gasteiger partial charge in [-0.25, -0.2) is 4.68 Å². The maximum Gasteiger partial charge on any atom is 0.253 e. The summed E-state index contributed by atoms with van der Waals surface area (Å²) >= 11 is 0. The van der Waals surface area contributed by atoms with Crippen molar-refractivity contribution < 1.29 is 9.47 Å². The molecule has 0 bridgehead atoms. The standard InChI is InChI=1S/C24H33N7O3/c1-3-8-29-9-11-30(12-10-29)22(23-26-27-28-31(23)16-19-5-4-13-34-19)20-15-17-14-18(33-2)6-7-21(17)25-24(20)32/h6-7,14-15,19,22H,3-5,8-13,16H2,1-2H3,(H,25,32). The second-order valence-electron chi connectivity index (χ2n) is 9.14. The number of hydrogen-bond donors (Lipinski definition) is 1. The van der Waals surface area contributed by atoms with Crippen LogP contribution in [-0.4, -0.2) is 87.5 Å². The van der Waals surface area contributed by atoms with E-state index in [1.165, 1.54) is 0 Å². The van der Waals surface area contributed by atoms with Crippen LogP contribution in [0.25, 0.3) is 10.9 Å². The fraction of sp³-hybridized carbons (Fsp3) is 0.583. The molecule has 10 heteroatoms. The van der Waals surface area contributed by atoms with Gasteiger partial charge in [-0.3, -0.25) is 9.69 Å². The van der Waals surface area contributed by atoms with Crippen LogP contribution in [0.15, 0.2) is 29.1 Å². The molecule has 3 aromatic rings. The number of benzene rings is 1. The summed E-state index contributed by atoms with van der Waals surface area (Å²) in [6, 6.07) is 7.29. The minimum Gasteiger partial charge on any atom is -0.497 e. The average molecular weight is 468 g/mol. The van der Waals surface area contributed by atoms with E-state index < -0.39 is 0 Å². The van der Waals surface area contributed by atoms with Gasteiger partial charge in [0.15, 0.2) is 5.82 Å². The summed E-state index contributed by atoms with van der Waals surface area (Å²) in [5, 5.41) is 13.7. The summed E-state index contributed by atoms with van der Waals surface area (Å²) in [6.45, 7) is 8.25. The number of nitrogens with zero attached hydrogens (tertiary/aromatic N) is 6. The first-order valence-electron chi connectivity index (χ1n) is 12.2. The van der Waals surface area contributed by atoms with E-state index in [0.29, 0.717) is 17.9 Å². The Balaban J connectivity index is 1.55. The van der Waals surface area contributed by atoms with Crippen LogP contribution in [-0.2, 0) is 11.3 Å². The molecule has 2 aliphatic rings. The first kappa shape index (κ1) is 22.9. The molecule has 10 nitrogen and oxygen atoms in total. The van der Waals surface area contributed by atoms with Gasteiger partial charge in [-0.05, 0) is 60.5 Å². The van der Waals surface area contributed by atoms with Crippen molar-refractivity contribution >= 4 is 10.9 Å². The van der Waals surface area contributed by atoms with Crippen molar-refractivity contribution in [3.63, 3.8) is 0 Å². The molecule has 2 fully saturated rings. The molecule has 182 valence electrons. The Hall–Kier alpha value is -2.82. The molecule has 0 saturated carbocycles. The Morgan fingerprint density at radius 3 is 2.82 bits per heavy atom. The van der Waals surface area contributed by atoms with Gasteiger partial charge in [-0.2, -0.15) is 0 Å². The van der Waals surface area contributed by atoms with Gasteiger partial charge in [0.25, 0.3) is 5.56 Å². The molecule has 0 spiro atoms. The molecule has 2 saturated heterocycles. The lowest BCUT2D eigenvalue weighted by Gasteiger charge is -2.38. The van der Waals surface area contributed by atoms with E-state index in [-0.39, 0.29) is 17.7 Å². The third-order valence-electron chi connectivity index (χ3n) is 6.89. The molecule has 5 rings (SSSR count). The van der Waals surface area contributed by atoms with Crippen LogP contribution in [0.1, 0.15) is 43.6 Å². The fourth-order valence-corrected chi connectivity index (χ4v) is 5.11. The predicted octanol–water partition coefficient (Wildman–Crippen LogP) is 1.82. The average Bonchev–Trinajstić information content (AvgIpc) is 3.53. The highest BCUT2D eigenvalue weighted by Crippen LogP contribution is 2.29. The van der Waals surface area contributed by atoms with Crippen molar-refractivity contribution in [2.45, 2.75) is 44.9 Å². The van der Waals surface area contributed by atoms with Crippen molar-refractivity contribution in [1.82, 2.24) is 35.0 Å². The Bertz CT molecular complexity index is 1160. The number of nitrogens with one attached hydrogen (secondary N) is 1. The molecule has 0 aliphatic carbocycles. The van der Waals surface area contributed by atoms with Crippen LogP contribution < -0.4 is 10.3 Å². The summed E-state index contributed by atoms with van der Waals surface area (Å²) in [5.74, 6) is 1.44. The van der Waals surface area contributed by atoms with E-state index in [2.05, 4.69) is 37.2 Å². The van der Waals surface area contributed by atoms with Crippen molar-refractivity contribution in [2.75, 3.05) is 46.4 Å². The number of aromatic amines is 1. The van der Waals surface area contributed by atoms with Gasteiger partial charge in [0.2, 0.25) is 0 Å². The number of tetrazole rings is 1. The van der Waals surface area contributed by atoms with Gasteiger partial charge in [0, 0.05) is 49.3 Å². The number of fused-ring (bicyclic) bond motifs is 1. The normalized spacial score (nSPS) is 20.7. The topological polar surface area (TPSA) is 101 Å². The SMILES string of the molecule is CCCN1CCN(C(c2cc3cc(OC)ccc3[nH]c2=O)c2nnnn2CC2CCCO2)CC1. The number of H-pyrrole nitrogens is 1. The Morgan fingerprint density at radius 1 is 1.24 bits per heavy atom. The minimum atomic E-state index is -0.348. The second-order valence-corrected chi connectivity index (χ2v) is 9.14. The number of methoxy groups -OCH3 is 1. The van der Waals surface area contributed by atoms with Gasteiger partial charge in [0.1, 0.15) is 11.8 Å². The smallest absolute Gasteiger partial charge is 0.253 e. The highest BCUT2D eigenvalue weighted by Gasteiger charge is 2.33. The molecule has 0 radical (unpaired) electrons. The largest absolute Gasteiger partial charge is 0.497 e. The monoisotopic (exact) mass is 467 g/mol. The highest BCUT2D eigenvalue weighted by atomic mass is 16.5. The quantitative estimate of drug-likeness (QED) is 0.535. The zero-order valence-corrected chi connectivity index (χ0v) is 19.9. The lowest BCUT2D eigenvalue weighted by Crippen LogP contribution is -2.49. The maximum atomic E-state index is 13.4. The zero-order chi connectivity index (χ0) is 23.5. The van der Waals surface area contributed by atoms with Crippen molar-refractivity contribution in [1.29, 1.82) is 0 Å². The van der Waals surface area contributed by atoms with E-state index in [1.54, 1.807) is 7.11 Å². The lowest BCUT2D eigenvalue weighted by atomic mass is 10.0. The third kappa shape index (κ3) is 4.70. The van der Waals surface area contributed by atoms with Crippen molar-refractivity contribution in [2.24, 2.45) is 0 Å². The summed E-state index contributed by atoms with van der Waals surface area (Å²) < 4.78 is 13.1. The van der Waals surface area contributed by atoms with Crippen molar-refractivity contribution in [3.8, 4) is 5.75 Å². The second kappa shape index (κ2) is 10.2. The molecule has 0 amide bonds. The Labute approximate surface area is 198 Å². The van der Waals surface area contributed by atoms with Gasteiger partial charge >= 0.3 is 0 Å². The number of piperazine rings is 1. The first-order valence-corrected chi connectivity index (χ1v) is 12.2. The molecule has 2 unspecified atom stereocenters. The van der Waals surface area contributed by atoms with E-state index in [9.17, 15) is 4.79 Å². The Kier molecular flexibility index (Phi) is 6.89. The van der Waals surface area contributed by atoms with Crippen LogP contribution in [0.3, 0.4) is 0 Å². The van der Waals surface area contributed by atoms with E-state index >= 15 is 0 Å². The molecule has 4 heterocycles. The van der Waals surface area contributed by atoms with Crippen LogP contribution in [0.4, 0.5) is 0 Å². The first-order chi connectivity index (χ1) is 16.7. The van der Waals surface area contributed by atoms with Crippen LogP contribution in [0, 0.1) is 0 Å². The van der Waals surface area contributed by atoms with Crippen LogP contribution in [0.2, 0.25) is 0 Å². The highest BCUT2D eigenvalue weighted by molar-refractivity contribution is 5.80. The lowest BCUT2D eigenvalue weighted by molar-refractivity contribution is 0.0852.